The Kier molecular flexibility index (Phi) is 4.76. The Hall–Kier alpha value is -0.810. The van der Waals surface area contributed by atoms with Gasteiger partial charge in [-0.1, -0.05) is 28.1 Å². The first-order valence-electron chi connectivity index (χ1n) is 4.66. The van der Waals surface area contributed by atoms with E-state index in [1.165, 1.54) is 0 Å². The SMILES string of the molecule is O=S(=O)(O[C@H](c1ccc(Br)cc1)C(F)(F)F)C(F)(F)F. The molecule has 0 N–H and O–H groups in total. The molecule has 0 radical (unpaired) electrons. The monoisotopic (exact) mass is 386 g/mol. The molecule has 1 rings (SSSR count). The topological polar surface area (TPSA) is 43.4 Å². The Morgan fingerprint density at radius 2 is 1.45 bits per heavy atom. The van der Waals surface area contributed by atoms with Crippen LogP contribution in [0.3, 0.4) is 0 Å². The molecule has 0 unspecified atom stereocenters. The van der Waals surface area contributed by atoms with Crippen molar-refractivity contribution in [1.29, 1.82) is 0 Å². The van der Waals surface area contributed by atoms with Crippen molar-refractivity contribution in [1.82, 2.24) is 0 Å². The normalized spacial score (nSPS) is 15.2. The maximum absolute atomic E-state index is 12.7. The fraction of sp³-hybridized carbons (Fsp3) is 0.333. The van der Waals surface area contributed by atoms with Crippen LogP contribution >= 0.6 is 15.9 Å². The van der Waals surface area contributed by atoms with Crippen LogP contribution in [0.25, 0.3) is 0 Å². The quantitative estimate of drug-likeness (QED) is 0.449. The summed E-state index contributed by atoms with van der Waals surface area (Å²) in [6.07, 6.45) is -8.56. The number of hydrogen-bond donors (Lipinski definition) is 0. The molecule has 0 bridgehead atoms. The van der Waals surface area contributed by atoms with Crippen LogP contribution in [-0.2, 0) is 14.3 Å². The fourth-order valence-electron chi connectivity index (χ4n) is 1.12. The van der Waals surface area contributed by atoms with E-state index in [4.69, 9.17) is 0 Å². The van der Waals surface area contributed by atoms with E-state index in [1.54, 1.807) is 0 Å². The van der Waals surface area contributed by atoms with E-state index in [-0.39, 0.29) is 0 Å². The highest BCUT2D eigenvalue weighted by Gasteiger charge is 2.53. The lowest BCUT2D eigenvalue weighted by molar-refractivity contribution is -0.200. The number of alkyl halides is 6. The molecular formula is C9H5BrF6O3S. The van der Waals surface area contributed by atoms with E-state index in [1.807, 2.05) is 0 Å². The van der Waals surface area contributed by atoms with Crippen LogP contribution in [0.5, 0.6) is 0 Å². The first kappa shape index (κ1) is 17.2. The molecule has 0 fully saturated rings. The summed E-state index contributed by atoms with van der Waals surface area (Å²) in [4.78, 5) is 0. The zero-order chi connectivity index (χ0) is 15.8. The lowest BCUT2D eigenvalue weighted by Gasteiger charge is -2.21. The van der Waals surface area contributed by atoms with E-state index in [0.29, 0.717) is 4.47 Å². The summed E-state index contributed by atoms with van der Waals surface area (Å²) in [5.41, 5.74) is -6.71. The molecule has 0 aliphatic rings. The van der Waals surface area contributed by atoms with E-state index in [0.717, 1.165) is 24.3 Å². The lowest BCUT2D eigenvalue weighted by Crippen LogP contribution is -2.32. The summed E-state index contributed by atoms with van der Waals surface area (Å²) in [6.45, 7) is 0. The predicted octanol–water partition coefficient (Wildman–Crippen LogP) is 3.92. The van der Waals surface area contributed by atoms with Gasteiger partial charge < -0.3 is 0 Å². The van der Waals surface area contributed by atoms with Gasteiger partial charge in [-0.2, -0.15) is 34.8 Å². The maximum atomic E-state index is 12.7. The van der Waals surface area contributed by atoms with Gasteiger partial charge in [0.2, 0.25) is 0 Å². The maximum Gasteiger partial charge on any atom is 0.523 e. The van der Waals surface area contributed by atoms with Crippen LogP contribution in [0, 0.1) is 0 Å². The van der Waals surface area contributed by atoms with Gasteiger partial charge in [-0.05, 0) is 17.7 Å². The molecule has 1 aromatic carbocycles. The highest BCUT2D eigenvalue weighted by atomic mass is 79.9. The molecule has 11 heteroatoms. The average Bonchev–Trinajstić information content (AvgIpc) is 2.24. The molecule has 0 heterocycles. The highest BCUT2D eigenvalue weighted by molar-refractivity contribution is 9.10. The van der Waals surface area contributed by atoms with Gasteiger partial charge in [0.05, 0.1) is 0 Å². The Morgan fingerprint density at radius 1 is 1.00 bits per heavy atom. The van der Waals surface area contributed by atoms with Crippen LogP contribution < -0.4 is 0 Å². The number of benzene rings is 1. The third-order valence-electron chi connectivity index (χ3n) is 1.98. The van der Waals surface area contributed by atoms with E-state index in [9.17, 15) is 34.8 Å². The molecule has 114 valence electrons. The van der Waals surface area contributed by atoms with Crippen molar-refractivity contribution in [3.63, 3.8) is 0 Å². The Labute approximate surface area is 117 Å². The zero-order valence-corrected chi connectivity index (χ0v) is 11.6. The first-order valence-corrected chi connectivity index (χ1v) is 6.86. The summed E-state index contributed by atoms with van der Waals surface area (Å²) in [5.74, 6) is 0. The van der Waals surface area contributed by atoms with Crippen molar-refractivity contribution >= 4 is 26.0 Å². The summed E-state index contributed by atoms with van der Waals surface area (Å²) in [7, 11) is -6.37. The Balaban J connectivity index is 3.20. The number of hydrogen-bond acceptors (Lipinski definition) is 3. The smallest absolute Gasteiger partial charge is 0.245 e. The van der Waals surface area contributed by atoms with Crippen LogP contribution in [0.2, 0.25) is 0 Å². The summed E-state index contributed by atoms with van der Waals surface area (Å²) in [6, 6.07) is 3.82. The van der Waals surface area contributed by atoms with Crippen LogP contribution in [0.1, 0.15) is 11.7 Å². The van der Waals surface area contributed by atoms with Crippen LogP contribution in [0.4, 0.5) is 26.3 Å². The Morgan fingerprint density at radius 3 is 1.80 bits per heavy atom. The van der Waals surface area contributed by atoms with E-state index < -0.39 is 33.5 Å². The predicted molar refractivity (Wildman–Crippen MR) is 59.0 cm³/mol. The molecule has 0 amide bonds. The minimum absolute atomic E-state index is 0.362. The molecular weight excluding hydrogens is 382 g/mol. The standard InChI is InChI=1S/C9H5BrF6O3S/c10-6-3-1-5(2-4-6)7(8(11,12)13)19-20(17,18)9(14,15)16/h1-4,7H/t7-/m1/s1. The number of rotatable bonds is 3. The van der Waals surface area contributed by atoms with Gasteiger partial charge >= 0.3 is 21.8 Å². The van der Waals surface area contributed by atoms with Crippen molar-refractivity contribution in [2.45, 2.75) is 17.8 Å². The highest BCUT2D eigenvalue weighted by Crippen LogP contribution is 2.40. The second-order valence-electron chi connectivity index (χ2n) is 3.47. The summed E-state index contributed by atoms with van der Waals surface area (Å²) >= 11 is 2.92. The van der Waals surface area contributed by atoms with Crippen molar-refractivity contribution < 1.29 is 38.9 Å². The minimum Gasteiger partial charge on any atom is -0.245 e. The molecule has 0 aliphatic carbocycles. The van der Waals surface area contributed by atoms with Crippen molar-refractivity contribution in [2.24, 2.45) is 0 Å². The molecule has 20 heavy (non-hydrogen) atoms. The lowest BCUT2D eigenvalue weighted by atomic mass is 10.1. The van der Waals surface area contributed by atoms with Crippen molar-refractivity contribution in [2.75, 3.05) is 0 Å². The molecule has 0 saturated heterocycles. The van der Waals surface area contributed by atoms with Gasteiger partial charge in [0.25, 0.3) is 0 Å². The van der Waals surface area contributed by atoms with Gasteiger partial charge in [0.15, 0.2) is 6.10 Å². The summed E-state index contributed by atoms with van der Waals surface area (Å²) < 4.78 is 99.2. The Bertz CT molecular complexity index is 563. The molecule has 3 nitrogen and oxygen atoms in total. The van der Waals surface area contributed by atoms with Crippen LogP contribution in [-0.4, -0.2) is 20.1 Å². The molecule has 0 aromatic heterocycles. The average molecular weight is 387 g/mol. The third kappa shape index (κ3) is 4.09. The van der Waals surface area contributed by atoms with Gasteiger partial charge in [0, 0.05) is 4.47 Å². The largest absolute Gasteiger partial charge is 0.523 e. The first-order chi connectivity index (χ1) is 8.84. The van der Waals surface area contributed by atoms with Crippen molar-refractivity contribution in [3.05, 3.63) is 34.3 Å². The third-order valence-corrected chi connectivity index (χ3v) is 3.52. The zero-order valence-electron chi connectivity index (χ0n) is 9.17. The molecule has 1 aromatic rings. The fourth-order valence-corrected chi connectivity index (χ4v) is 1.96. The minimum atomic E-state index is -6.37. The summed E-state index contributed by atoms with van der Waals surface area (Å²) in [5, 5.41) is 0. The van der Waals surface area contributed by atoms with E-state index in [2.05, 4.69) is 20.1 Å². The van der Waals surface area contributed by atoms with Gasteiger partial charge in [-0.15, -0.1) is 0 Å². The van der Waals surface area contributed by atoms with Gasteiger partial charge in [-0.3, -0.25) is 0 Å². The van der Waals surface area contributed by atoms with Gasteiger partial charge in [0.1, 0.15) is 0 Å². The second kappa shape index (κ2) is 5.53. The number of halogens is 7. The van der Waals surface area contributed by atoms with Gasteiger partial charge in [-0.25, -0.2) is 4.18 Å². The van der Waals surface area contributed by atoms with E-state index >= 15 is 0 Å². The van der Waals surface area contributed by atoms with Crippen LogP contribution in [0.15, 0.2) is 28.7 Å². The van der Waals surface area contributed by atoms with Crippen molar-refractivity contribution in [3.8, 4) is 0 Å². The molecule has 0 aliphatic heterocycles. The second-order valence-corrected chi connectivity index (χ2v) is 5.95. The molecule has 0 spiro atoms. The molecule has 0 saturated carbocycles. The molecule has 1 atom stereocenters.